The summed E-state index contributed by atoms with van der Waals surface area (Å²) in [6.45, 7) is 2.37. The second-order valence-electron chi connectivity index (χ2n) is 4.28. The van der Waals surface area contributed by atoms with Crippen molar-refractivity contribution in [3.8, 4) is 0 Å². The lowest BCUT2D eigenvalue weighted by atomic mass is 10.3. The summed E-state index contributed by atoms with van der Waals surface area (Å²) in [5.74, 6) is 1.97. The zero-order valence-corrected chi connectivity index (χ0v) is 10.6. The summed E-state index contributed by atoms with van der Waals surface area (Å²) in [6.07, 6.45) is 6.28. The minimum absolute atomic E-state index is 0.154. The molecule has 0 aliphatic carbocycles. The Balaban J connectivity index is 1.88. The van der Waals surface area contributed by atoms with Crippen LogP contribution in [0, 0.1) is 0 Å². The van der Waals surface area contributed by atoms with Crippen molar-refractivity contribution >= 4 is 0 Å². The molecule has 2 aromatic heterocycles. The molecule has 0 spiro atoms. The molecule has 0 aromatic carbocycles. The van der Waals surface area contributed by atoms with Gasteiger partial charge in [-0.2, -0.15) is 0 Å². The first-order valence-corrected chi connectivity index (χ1v) is 6.11. The maximum atomic E-state index is 9.08. The summed E-state index contributed by atoms with van der Waals surface area (Å²) in [7, 11) is 1.99. The molecular formula is C13H19N3O2. The molecule has 0 atom stereocenters. The maximum Gasteiger partial charge on any atom is 0.117 e. The van der Waals surface area contributed by atoms with Crippen LogP contribution in [0.2, 0.25) is 0 Å². The number of aryl methyl sites for hydroxylation is 1. The van der Waals surface area contributed by atoms with Crippen LogP contribution in [-0.4, -0.2) is 39.3 Å². The van der Waals surface area contributed by atoms with E-state index in [4.69, 9.17) is 9.52 Å². The van der Waals surface area contributed by atoms with Gasteiger partial charge in [0, 0.05) is 39.0 Å². The number of aromatic nitrogens is 2. The van der Waals surface area contributed by atoms with E-state index in [9.17, 15) is 0 Å². The van der Waals surface area contributed by atoms with Gasteiger partial charge in [0.15, 0.2) is 0 Å². The topological polar surface area (TPSA) is 54.4 Å². The third kappa shape index (κ3) is 3.45. The van der Waals surface area contributed by atoms with Gasteiger partial charge >= 0.3 is 0 Å². The number of imidazole rings is 1. The standard InChI is InChI=1S/C13H19N3O2/c1-15-7-5-14-13(15)4-6-16(8-9-17)11-12-3-2-10-18-12/h2-3,5,7,10,17H,4,6,8-9,11H2,1H3. The Morgan fingerprint density at radius 3 is 2.94 bits per heavy atom. The Bertz CT molecular complexity index is 451. The maximum absolute atomic E-state index is 9.08. The fourth-order valence-corrected chi connectivity index (χ4v) is 1.93. The van der Waals surface area contributed by atoms with E-state index in [0.717, 1.165) is 31.1 Å². The van der Waals surface area contributed by atoms with Gasteiger partial charge in [-0.15, -0.1) is 0 Å². The molecule has 2 heterocycles. The fourth-order valence-electron chi connectivity index (χ4n) is 1.93. The quantitative estimate of drug-likeness (QED) is 0.797. The molecule has 5 nitrogen and oxygen atoms in total. The van der Waals surface area contributed by atoms with Crippen molar-refractivity contribution in [2.75, 3.05) is 19.7 Å². The number of nitrogens with zero attached hydrogens (tertiary/aromatic N) is 3. The van der Waals surface area contributed by atoms with E-state index < -0.39 is 0 Å². The minimum atomic E-state index is 0.154. The van der Waals surface area contributed by atoms with Gasteiger partial charge < -0.3 is 14.1 Å². The van der Waals surface area contributed by atoms with E-state index in [0.29, 0.717) is 6.54 Å². The number of aliphatic hydroxyl groups is 1. The number of hydrogen-bond donors (Lipinski definition) is 1. The van der Waals surface area contributed by atoms with E-state index >= 15 is 0 Å². The molecule has 0 aliphatic heterocycles. The monoisotopic (exact) mass is 249 g/mol. The average molecular weight is 249 g/mol. The molecule has 0 amide bonds. The SMILES string of the molecule is Cn1ccnc1CCN(CCO)Cc1ccco1. The third-order valence-corrected chi connectivity index (χ3v) is 2.95. The van der Waals surface area contributed by atoms with Gasteiger partial charge in [0.2, 0.25) is 0 Å². The van der Waals surface area contributed by atoms with E-state index in [1.807, 2.05) is 29.9 Å². The van der Waals surface area contributed by atoms with Gasteiger partial charge in [0.05, 0.1) is 19.4 Å². The van der Waals surface area contributed by atoms with Gasteiger partial charge in [0.25, 0.3) is 0 Å². The van der Waals surface area contributed by atoms with E-state index in [1.165, 1.54) is 0 Å². The molecule has 0 saturated carbocycles. The third-order valence-electron chi connectivity index (χ3n) is 2.95. The fraction of sp³-hybridized carbons (Fsp3) is 0.462. The second-order valence-corrected chi connectivity index (χ2v) is 4.28. The molecule has 0 fully saturated rings. The largest absolute Gasteiger partial charge is 0.468 e. The summed E-state index contributed by atoms with van der Waals surface area (Å²) >= 11 is 0. The number of furan rings is 1. The van der Waals surface area contributed by atoms with Crippen LogP contribution in [0.3, 0.4) is 0 Å². The van der Waals surface area contributed by atoms with Crippen LogP contribution in [0.5, 0.6) is 0 Å². The summed E-state index contributed by atoms with van der Waals surface area (Å²) in [5, 5.41) is 9.08. The molecule has 98 valence electrons. The van der Waals surface area contributed by atoms with Gasteiger partial charge in [0.1, 0.15) is 11.6 Å². The highest BCUT2D eigenvalue weighted by molar-refractivity contribution is 4.98. The minimum Gasteiger partial charge on any atom is -0.468 e. The molecule has 0 unspecified atom stereocenters. The van der Waals surface area contributed by atoms with Crippen LogP contribution < -0.4 is 0 Å². The van der Waals surface area contributed by atoms with E-state index in [2.05, 4.69) is 9.88 Å². The van der Waals surface area contributed by atoms with Crippen LogP contribution in [-0.2, 0) is 20.0 Å². The Kier molecular flexibility index (Phi) is 4.55. The highest BCUT2D eigenvalue weighted by Crippen LogP contribution is 2.06. The van der Waals surface area contributed by atoms with Crippen LogP contribution in [0.4, 0.5) is 0 Å². The predicted molar refractivity (Wildman–Crippen MR) is 68.0 cm³/mol. The molecule has 0 bridgehead atoms. The molecular weight excluding hydrogens is 230 g/mol. The van der Waals surface area contributed by atoms with Crippen molar-refractivity contribution in [2.24, 2.45) is 7.05 Å². The lowest BCUT2D eigenvalue weighted by molar-refractivity contribution is 0.181. The highest BCUT2D eigenvalue weighted by Gasteiger charge is 2.09. The van der Waals surface area contributed by atoms with Gasteiger partial charge in [-0.25, -0.2) is 4.98 Å². The smallest absolute Gasteiger partial charge is 0.117 e. The first-order valence-electron chi connectivity index (χ1n) is 6.11. The lowest BCUT2D eigenvalue weighted by Gasteiger charge is -2.19. The van der Waals surface area contributed by atoms with Crippen molar-refractivity contribution in [1.82, 2.24) is 14.5 Å². The average Bonchev–Trinajstić information content (AvgIpc) is 2.98. The van der Waals surface area contributed by atoms with Crippen molar-refractivity contribution in [3.63, 3.8) is 0 Å². The normalized spacial score (nSPS) is 11.3. The number of rotatable bonds is 7. The summed E-state index contributed by atoms with van der Waals surface area (Å²) < 4.78 is 7.34. The molecule has 1 N–H and O–H groups in total. The molecule has 0 radical (unpaired) electrons. The van der Waals surface area contributed by atoms with Crippen molar-refractivity contribution in [3.05, 3.63) is 42.4 Å². The number of hydrogen-bond acceptors (Lipinski definition) is 4. The van der Waals surface area contributed by atoms with Gasteiger partial charge in [-0.1, -0.05) is 0 Å². The zero-order valence-electron chi connectivity index (χ0n) is 10.6. The van der Waals surface area contributed by atoms with Gasteiger partial charge in [-0.3, -0.25) is 4.90 Å². The number of aliphatic hydroxyl groups excluding tert-OH is 1. The Hall–Kier alpha value is -1.59. The van der Waals surface area contributed by atoms with Crippen molar-refractivity contribution < 1.29 is 9.52 Å². The first-order chi connectivity index (χ1) is 8.79. The summed E-state index contributed by atoms with van der Waals surface area (Å²) in [6, 6.07) is 3.83. The van der Waals surface area contributed by atoms with Crippen molar-refractivity contribution in [2.45, 2.75) is 13.0 Å². The molecule has 2 rings (SSSR count). The summed E-state index contributed by atoms with van der Waals surface area (Å²) in [4.78, 5) is 6.46. The predicted octanol–water partition coefficient (Wildman–Crippen LogP) is 1.05. The molecule has 18 heavy (non-hydrogen) atoms. The van der Waals surface area contributed by atoms with Gasteiger partial charge in [-0.05, 0) is 12.1 Å². The Morgan fingerprint density at radius 2 is 2.33 bits per heavy atom. The molecule has 0 saturated heterocycles. The first kappa shape index (κ1) is 12.9. The molecule has 5 heteroatoms. The van der Waals surface area contributed by atoms with Crippen LogP contribution in [0.15, 0.2) is 35.2 Å². The molecule has 0 aliphatic rings. The van der Waals surface area contributed by atoms with Crippen molar-refractivity contribution in [1.29, 1.82) is 0 Å². The Morgan fingerprint density at radius 1 is 1.44 bits per heavy atom. The van der Waals surface area contributed by atoms with E-state index in [-0.39, 0.29) is 6.61 Å². The molecule has 2 aromatic rings. The lowest BCUT2D eigenvalue weighted by Crippen LogP contribution is -2.29. The van der Waals surface area contributed by atoms with Crippen LogP contribution in [0.1, 0.15) is 11.6 Å². The highest BCUT2D eigenvalue weighted by atomic mass is 16.3. The second kappa shape index (κ2) is 6.37. The van der Waals surface area contributed by atoms with E-state index in [1.54, 1.807) is 12.5 Å². The zero-order chi connectivity index (χ0) is 12.8. The summed E-state index contributed by atoms with van der Waals surface area (Å²) in [5.41, 5.74) is 0. The van der Waals surface area contributed by atoms with Crippen LogP contribution in [0.25, 0.3) is 0 Å². The Labute approximate surface area is 107 Å². The van der Waals surface area contributed by atoms with Crippen LogP contribution >= 0.6 is 0 Å².